The lowest BCUT2D eigenvalue weighted by Gasteiger charge is -2.13. The number of hydrogen-bond acceptors (Lipinski definition) is 5. The molecule has 0 aliphatic carbocycles. The maximum absolute atomic E-state index is 5.71. The summed E-state index contributed by atoms with van der Waals surface area (Å²) in [5.41, 5.74) is 1.07. The van der Waals surface area contributed by atoms with Gasteiger partial charge in [-0.2, -0.15) is 0 Å². The molecule has 29 heavy (non-hydrogen) atoms. The Hall–Kier alpha value is -1.99. The van der Waals surface area contributed by atoms with Crippen LogP contribution in [-0.2, 0) is 16.0 Å². The number of ether oxygens (including phenoxy) is 4. The molecule has 0 bridgehead atoms. The molecule has 1 heterocycles. The van der Waals surface area contributed by atoms with Gasteiger partial charge >= 0.3 is 0 Å². The minimum Gasteiger partial charge on any atom is -0.493 e. The fourth-order valence-electron chi connectivity index (χ4n) is 3.03. The van der Waals surface area contributed by atoms with Crippen LogP contribution in [0.2, 0.25) is 0 Å². The first kappa shape index (κ1) is 23.3. The fraction of sp³-hybridized carbons (Fsp3) is 0.682. The Bertz CT molecular complexity index is 604. The molecule has 1 aromatic rings. The second kappa shape index (κ2) is 14.1. The lowest BCUT2D eigenvalue weighted by Crippen LogP contribution is -2.38. The minimum atomic E-state index is 0.289. The van der Waals surface area contributed by atoms with Gasteiger partial charge in [-0.05, 0) is 50.3 Å². The number of hydrogen-bond donors (Lipinski definition) is 2. The molecule has 1 aliphatic rings. The molecule has 2 rings (SSSR count). The van der Waals surface area contributed by atoms with Crippen LogP contribution in [0.4, 0.5) is 0 Å². The SMILES string of the molecule is CCCOc1ccc(CN=C(NCC)NCCCOCC2CCCO2)cc1OC. The van der Waals surface area contributed by atoms with Crippen LogP contribution in [0, 0.1) is 0 Å². The van der Waals surface area contributed by atoms with Crippen LogP contribution in [-0.4, -0.2) is 58.7 Å². The van der Waals surface area contributed by atoms with Crippen molar-refractivity contribution in [1.29, 1.82) is 0 Å². The average molecular weight is 408 g/mol. The van der Waals surface area contributed by atoms with Crippen LogP contribution in [0.15, 0.2) is 23.2 Å². The molecule has 1 atom stereocenters. The maximum Gasteiger partial charge on any atom is 0.191 e. The van der Waals surface area contributed by atoms with Crippen molar-refractivity contribution in [1.82, 2.24) is 10.6 Å². The van der Waals surface area contributed by atoms with E-state index in [1.807, 2.05) is 18.2 Å². The van der Waals surface area contributed by atoms with Gasteiger partial charge in [0, 0.05) is 26.3 Å². The van der Waals surface area contributed by atoms with Gasteiger partial charge < -0.3 is 29.6 Å². The number of rotatable bonds is 13. The predicted octanol–water partition coefficient (Wildman–Crippen LogP) is 3.12. The molecule has 2 N–H and O–H groups in total. The Balaban J connectivity index is 1.75. The van der Waals surface area contributed by atoms with E-state index in [-0.39, 0.29) is 6.10 Å². The van der Waals surface area contributed by atoms with Crippen LogP contribution in [0.25, 0.3) is 0 Å². The number of nitrogens with one attached hydrogen (secondary N) is 2. The summed E-state index contributed by atoms with van der Waals surface area (Å²) >= 11 is 0. The Labute approximate surface area is 175 Å². The molecule has 164 valence electrons. The summed E-state index contributed by atoms with van der Waals surface area (Å²) in [4.78, 5) is 4.67. The summed E-state index contributed by atoms with van der Waals surface area (Å²) in [7, 11) is 1.66. The monoisotopic (exact) mass is 407 g/mol. The molecule has 1 unspecified atom stereocenters. The molecule has 1 saturated heterocycles. The smallest absolute Gasteiger partial charge is 0.191 e. The summed E-state index contributed by atoms with van der Waals surface area (Å²) in [6.45, 7) is 9.31. The maximum atomic E-state index is 5.71. The molecule has 1 aromatic carbocycles. The largest absolute Gasteiger partial charge is 0.493 e. The average Bonchev–Trinajstić information content (AvgIpc) is 3.26. The molecule has 0 spiro atoms. The highest BCUT2D eigenvalue weighted by Gasteiger charge is 2.14. The molecule has 1 fully saturated rings. The van der Waals surface area contributed by atoms with E-state index in [0.29, 0.717) is 19.8 Å². The lowest BCUT2D eigenvalue weighted by molar-refractivity contribution is 0.0168. The summed E-state index contributed by atoms with van der Waals surface area (Å²) in [6, 6.07) is 5.96. The number of guanidine groups is 1. The fourth-order valence-corrected chi connectivity index (χ4v) is 3.03. The molecule has 7 heteroatoms. The van der Waals surface area contributed by atoms with Gasteiger partial charge in [-0.25, -0.2) is 4.99 Å². The Kier molecular flexibility index (Phi) is 11.3. The molecular weight excluding hydrogens is 370 g/mol. The third-order valence-corrected chi connectivity index (χ3v) is 4.54. The standard InChI is InChI=1S/C22H37N3O4/c1-4-12-29-20-10-9-18(15-21(20)26-3)16-25-22(23-5-2)24-11-7-13-27-17-19-8-6-14-28-19/h9-10,15,19H,4-8,11-14,16-17H2,1-3H3,(H2,23,24,25). The zero-order valence-corrected chi connectivity index (χ0v) is 18.2. The van der Waals surface area contributed by atoms with Gasteiger partial charge in [0.1, 0.15) is 0 Å². The van der Waals surface area contributed by atoms with E-state index in [0.717, 1.165) is 75.0 Å². The van der Waals surface area contributed by atoms with Gasteiger partial charge in [-0.3, -0.25) is 0 Å². The van der Waals surface area contributed by atoms with Crippen molar-refractivity contribution in [2.75, 3.05) is 46.6 Å². The van der Waals surface area contributed by atoms with Gasteiger partial charge in [-0.1, -0.05) is 13.0 Å². The molecule has 7 nitrogen and oxygen atoms in total. The van der Waals surface area contributed by atoms with Crippen molar-refractivity contribution < 1.29 is 18.9 Å². The molecular formula is C22H37N3O4. The first-order valence-electron chi connectivity index (χ1n) is 10.8. The summed E-state index contributed by atoms with van der Waals surface area (Å²) in [6.07, 6.45) is 4.45. The third kappa shape index (κ3) is 8.92. The first-order valence-corrected chi connectivity index (χ1v) is 10.8. The molecule has 0 radical (unpaired) electrons. The van der Waals surface area contributed by atoms with Crippen molar-refractivity contribution in [3.63, 3.8) is 0 Å². The van der Waals surface area contributed by atoms with E-state index in [9.17, 15) is 0 Å². The van der Waals surface area contributed by atoms with Crippen molar-refractivity contribution in [2.45, 2.75) is 52.2 Å². The van der Waals surface area contributed by atoms with Crippen LogP contribution in [0.5, 0.6) is 11.5 Å². The second-order valence-electron chi connectivity index (χ2n) is 7.02. The van der Waals surface area contributed by atoms with E-state index < -0.39 is 0 Å². The van der Waals surface area contributed by atoms with E-state index in [1.54, 1.807) is 7.11 Å². The number of methoxy groups -OCH3 is 1. The Morgan fingerprint density at radius 2 is 2.10 bits per heavy atom. The number of benzene rings is 1. The van der Waals surface area contributed by atoms with Gasteiger partial charge in [-0.15, -0.1) is 0 Å². The van der Waals surface area contributed by atoms with E-state index in [2.05, 4.69) is 29.5 Å². The predicted molar refractivity (Wildman–Crippen MR) is 116 cm³/mol. The van der Waals surface area contributed by atoms with Crippen LogP contribution < -0.4 is 20.1 Å². The highest BCUT2D eigenvalue weighted by Crippen LogP contribution is 2.28. The highest BCUT2D eigenvalue weighted by molar-refractivity contribution is 5.79. The lowest BCUT2D eigenvalue weighted by atomic mass is 10.2. The minimum absolute atomic E-state index is 0.289. The molecule has 1 aliphatic heterocycles. The van der Waals surface area contributed by atoms with Crippen molar-refractivity contribution >= 4 is 5.96 Å². The van der Waals surface area contributed by atoms with E-state index in [4.69, 9.17) is 18.9 Å². The molecule has 0 saturated carbocycles. The molecule has 0 aromatic heterocycles. The van der Waals surface area contributed by atoms with Gasteiger partial charge in [0.2, 0.25) is 0 Å². The summed E-state index contributed by atoms with van der Waals surface area (Å²) < 4.78 is 22.4. The Morgan fingerprint density at radius 1 is 1.21 bits per heavy atom. The summed E-state index contributed by atoms with van der Waals surface area (Å²) in [5.74, 6) is 2.32. The van der Waals surface area contributed by atoms with E-state index >= 15 is 0 Å². The topological polar surface area (TPSA) is 73.3 Å². The van der Waals surface area contributed by atoms with Gasteiger partial charge in [0.25, 0.3) is 0 Å². The number of nitrogens with zero attached hydrogens (tertiary/aromatic N) is 1. The number of aliphatic imine (C=N–C) groups is 1. The quantitative estimate of drug-likeness (QED) is 0.297. The van der Waals surface area contributed by atoms with Gasteiger partial charge in [0.15, 0.2) is 17.5 Å². The zero-order chi connectivity index (χ0) is 20.7. The highest BCUT2D eigenvalue weighted by atomic mass is 16.5. The summed E-state index contributed by atoms with van der Waals surface area (Å²) in [5, 5.41) is 6.64. The second-order valence-corrected chi connectivity index (χ2v) is 7.02. The van der Waals surface area contributed by atoms with Crippen molar-refractivity contribution in [3.05, 3.63) is 23.8 Å². The van der Waals surface area contributed by atoms with Crippen LogP contribution in [0.1, 0.15) is 45.1 Å². The zero-order valence-electron chi connectivity index (χ0n) is 18.2. The molecule has 0 amide bonds. The van der Waals surface area contributed by atoms with Crippen LogP contribution >= 0.6 is 0 Å². The van der Waals surface area contributed by atoms with Crippen LogP contribution in [0.3, 0.4) is 0 Å². The van der Waals surface area contributed by atoms with E-state index in [1.165, 1.54) is 0 Å². The Morgan fingerprint density at radius 3 is 2.83 bits per heavy atom. The van der Waals surface area contributed by atoms with Crippen molar-refractivity contribution in [2.24, 2.45) is 4.99 Å². The van der Waals surface area contributed by atoms with Crippen molar-refractivity contribution in [3.8, 4) is 11.5 Å². The normalized spacial score (nSPS) is 16.7. The first-order chi connectivity index (χ1) is 14.3. The van der Waals surface area contributed by atoms with Gasteiger partial charge in [0.05, 0.1) is 33.0 Å². The third-order valence-electron chi connectivity index (χ3n) is 4.54.